The van der Waals surface area contributed by atoms with E-state index < -0.39 is 0 Å². The van der Waals surface area contributed by atoms with Gasteiger partial charge in [0.15, 0.2) is 0 Å². The second-order valence-corrected chi connectivity index (χ2v) is 5.54. The quantitative estimate of drug-likeness (QED) is 0.825. The van der Waals surface area contributed by atoms with Crippen LogP contribution in [-0.2, 0) is 10.2 Å². The third-order valence-electron chi connectivity index (χ3n) is 2.67. The summed E-state index contributed by atoms with van der Waals surface area (Å²) < 4.78 is 0. The molecule has 3 nitrogen and oxygen atoms in total. The summed E-state index contributed by atoms with van der Waals surface area (Å²) in [5, 5.41) is 4.96. The Morgan fingerprint density at radius 1 is 1.62 bits per heavy atom. The summed E-state index contributed by atoms with van der Waals surface area (Å²) in [5.41, 5.74) is 5.62. The average molecular weight is 240 g/mol. The number of rotatable bonds is 5. The Balaban J connectivity index is 2.52. The van der Waals surface area contributed by atoms with Crippen LogP contribution in [0.5, 0.6) is 0 Å². The summed E-state index contributed by atoms with van der Waals surface area (Å²) in [6, 6.07) is 3.73. The molecule has 1 amide bonds. The molecule has 0 aliphatic heterocycles. The first-order valence-electron chi connectivity index (χ1n) is 5.54. The van der Waals surface area contributed by atoms with Crippen molar-refractivity contribution in [2.24, 2.45) is 5.73 Å². The molecule has 0 saturated carbocycles. The summed E-state index contributed by atoms with van der Waals surface area (Å²) in [7, 11) is 0. The first-order valence-corrected chi connectivity index (χ1v) is 6.42. The van der Waals surface area contributed by atoms with Crippen LogP contribution in [0.1, 0.15) is 32.1 Å². The van der Waals surface area contributed by atoms with Crippen molar-refractivity contribution in [3.63, 3.8) is 0 Å². The van der Waals surface area contributed by atoms with Gasteiger partial charge in [-0.1, -0.05) is 26.8 Å². The van der Waals surface area contributed by atoms with E-state index in [0.717, 1.165) is 0 Å². The van der Waals surface area contributed by atoms with Gasteiger partial charge in [-0.3, -0.25) is 4.79 Å². The topological polar surface area (TPSA) is 55.1 Å². The van der Waals surface area contributed by atoms with E-state index >= 15 is 0 Å². The van der Waals surface area contributed by atoms with Crippen molar-refractivity contribution in [1.29, 1.82) is 0 Å². The Hall–Kier alpha value is -0.870. The van der Waals surface area contributed by atoms with E-state index in [0.29, 0.717) is 13.0 Å². The lowest BCUT2D eigenvalue weighted by Crippen LogP contribution is -2.44. The van der Waals surface area contributed by atoms with Gasteiger partial charge in [-0.25, -0.2) is 0 Å². The third kappa shape index (κ3) is 3.32. The Labute approximate surface area is 101 Å². The van der Waals surface area contributed by atoms with Crippen LogP contribution in [0.2, 0.25) is 0 Å². The minimum absolute atomic E-state index is 0.0305. The molecule has 16 heavy (non-hydrogen) atoms. The number of hydrogen-bond acceptors (Lipinski definition) is 3. The molecule has 0 saturated heterocycles. The zero-order valence-electron chi connectivity index (χ0n) is 10.1. The van der Waals surface area contributed by atoms with Gasteiger partial charge in [-0.05, 0) is 17.9 Å². The SMILES string of the molecule is CC[C@@H](N)C(=O)NCC(C)(C)c1cccs1. The van der Waals surface area contributed by atoms with Crippen LogP contribution in [0.3, 0.4) is 0 Å². The molecule has 0 aliphatic carbocycles. The fourth-order valence-corrected chi connectivity index (χ4v) is 2.23. The molecule has 0 aromatic carbocycles. The molecule has 0 spiro atoms. The van der Waals surface area contributed by atoms with Gasteiger partial charge in [0, 0.05) is 16.8 Å². The van der Waals surface area contributed by atoms with Crippen LogP contribution in [0, 0.1) is 0 Å². The summed E-state index contributed by atoms with van der Waals surface area (Å²) in [6.45, 7) is 6.78. The lowest BCUT2D eigenvalue weighted by molar-refractivity contribution is -0.122. The van der Waals surface area contributed by atoms with Gasteiger partial charge in [0.1, 0.15) is 0 Å². The fraction of sp³-hybridized carbons (Fsp3) is 0.583. The van der Waals surface area contributed by atoms with E-state index in [1.54, 1.807) is 11.3 Å². The highest BCUT2D eigenvalue weighted by Gasteiger charge is 2.23. The average Bonchev–Trinajstić information content (AvgIpc) is 2.78. The number of nitrogens with one attached hydrogen (secondary N) is 1. The molecule has 1 aromatic heterocycles. The lowest BCUT2D eigenvalue weighted by Gasteiger charge is -2.24. The molecule has 0 radical (unpaired) electrons. The number of thiophene rings is 1. The van der Waals surface area contributed by atoms with Crippen LogP contribution >= 0.6 is 11.3 Å². The Morgan fingerprint density at radius 2 is 2.31 bits per heavy atom. The zero-order chi connectivity index (χ0) is 12.2. The molecule has 1 atom stereocenters. The highest BCUT2D eigenvalue weighted by molar-refractivity contribution is 7.10. The van der Waals surface area contributed by atoms with Gasteiger partial charge in [0.05, 0.1) is 6.04 Å². The molecule has 90 valence electrons. The summed E-state index contributed by atoms with van der Waals surface area (Å²) in [4.78, 5) is 12.8. The van der Waals surface area contributed by atoms with Gasteiger partial charge in [0.25, 0.3) is 0 Å². The lowest BCUT2D eigenvalue weighted by atomic mass is 9.91. The molecule has 0 fully saturated rings. The van der Waals surface area contributed by atoms with Crippen LogP contribution in [0.4, 0.5) is 0 Å². The maximum atomic E-state index is 11.6. The molecular weight excluding hydrogens is 220 g/mol. The second kappa shape index (κ2) is 5.46. The van der Waals surface area contributed by atoms with Gasteiger partial charge >= 0.3 is 0 Å². The van der Waals surface area contributed by atoms with Crippen LogP contribution < -0.4 is 11.1 Å². The molecule has 1 aromatic rings. The summed E-state index contributed by atoms with van der Waals surface area (Å²) in [6.07, 6.45) is 0.672. The van der Waals surface area contributed by atoms with Gasteiger partial charge < -0.3 is 11.1 Å². The van der Waals surface area contributed by atoms with Crippen LogP contribution in [0.15, 0.2) is 17.5 Å². The third-order valence-corrected chi connectivity index (χ3v) is 3.91. The predicted octanol–water partition coefficient (Wildman–Crippen LogP) is 1.88. The zero-order valence-corrected chi connectivity index (χ0v) is 10.9. The maximum absolute atomic E-state index is 11.6. The van der Waals surface area contributed by atoms with Crippen molar-refractivity contribution in [2.45, 2.75) is 38.6 Å². The smallest absolute Gasteiger partial charge is 0.236 e. The molecule has 1 heterocycles. The van der Waals surface area contributed by atoms with Crippen molar-refractivity contribution in [3.8, 4) is 0 Å². The molecule has 0 unspecified atom stereocenters. The van der Waals surface area contributed by atoms with Crippen molar-refractivity contribution >= 4 is 17.2 Å². The summed E-state index contributed by atoms with van der Waals surface area (Å²) in [5.74, 6) is -0.0628. The maximum Gasteiger partial charge on any atom is 0.236 e. The Morgan fingerprint density at radius 3 is 2.81 bits per heavy atom. The summed E-state index contributed by atoms with van der Waals surface area (Å²) >= 11 is 1.71. The largest absolute Gasteiger partial charge is 0.354 e. The van der Waals surface area contributed by atoms with Crippen molar-refractivity contribution in [3.05, 3.63) is 22.4 Å². The van der Waals surface area contributed by atoms with E-state index in [1.807, 2.05) is 13.0 Å². The van der Waals surface area contributed by atoms with Crippen molar-refractivity contribution in [2.75, 3.05) is 6.54 Å². The van der Waals surface area contributed by atoms with Gasteiger partial charge in [-0.15, -0.1) is 11.3 Å². The van der Waals surface area contributed by atoms with Crippen molar-refractivity contribution in [1.82, 2.24) is 5.32 Å². The van der Waals surface area contributed by atoms with E-state index in [9.17, 15) is 4.79 Å². The monoisotopic (exact) mass is 240 g/mol. The Kier molecular flexibility index (Phi) is 4.50. The second-order valence-electron chi connectivity index (χ2n) is 4.59. The molecular formula is C12H20N2OS. The van der Waals surface area contributed by atoms with Gasteiger partial charge in [0.2, 0.25) is 5.91 Å². The van der Waals surface area contributed by atoms with Gasteiger partial charge in [-0.2, -0.15) is 0 Å². The first kappa shape index (κ1) is 13.2. The minimum atomic E-state index is -0.390. The molecule has 0 bridgehead atoms. The van der Waals surface area contributed by atoms with Crippen LogP contribution in [-0.4, -0.2) is 18.5 Å². The highest BCUT2D eigenvalue weighted by atomic mass is 32.1. The molecule has 3 N–H and O–H groups in total. The normalized spacial score (nSPS) is 13.5. The Bertz CT molecular complexity index is 333. The molecule has 4 heteroatoms. The number of carbonyl (C=O) groups excluding carboxylic acids is 1. The molecule has 1 rings (SSSR count). The highest BCUT2D eigenvalue weighted by Crippen LogP contribution is 2.26. The predicted molar refractivity (Wildman–Crippen MR) is 68.6 cm³/mol. The fourth-order valence-electron chi connectivity index (χ4n) is 1.38. The van der Waals surface area contributed by atoms with E-state index in [1.165, 1.54) is 4.88 Å². The minimum Gasteiger partial charge on any atom is -0.354 e. The van der Waals surface area contributed by atoms with Crippen molar-refractivity contribution < 1.29 is 4.79 Å². The number of carbonyl (C=O) groups is 1. The first-order chi connectivity index (χ1) is 7.47. The number of hydrogen-bond donors (Lipinski definition) is 2. The van der Waals surface area contributed by atoms with E-state index in [2.05, 4.69) is 30.6 Å². The van der Waals surface area contributed by atoms with Crippen LogP contribution in [0.25, 0.3) is 0 Å². The van der Waals surface area contributed by atoms with E-state index in [-0.39, 0.29) is 17.4 Å². The molecule has 0 aliphatic rings. The standard InChI is InChI=1S/C12H20N2OS/c1-4-9(13)11(15)14-8-12(2,3)10-6-5-7-16-10/h5-7,9H,4,8,13H2,1-3H3,(H,14,15)/t9-/m1/s1. The number of nitrogens with two attached hydrogens (primary N) is 1. The number of amides is 1. The van der Waals surface area contributed by atoms with E-state index in [4.69, 9.17) is 5.73 Å².